The van der Waals surface area contributed by atoms with Gasteiger partial charge in [-0.1, -0.05) is 29.8 Å². The van der Waals surface area contributed by atoms with E-state index in [1.165, 1.54) is 5.56 Å². The Labute approximate surface area is 157 Å². The predicted octanol–water partition coefficient (Wildman–Crippen LogP) is 2.17. The minimum atomic E-state index is -0.189. The van der Waals surface area contributed by atoms with E-state index < -0.39 is 0 Å². The Hall–Kier alpha value is -1.43. The van der Waals surface area contributed by atoms with Crippen LogP contribution in [0.1, 0.15) is 30.0 Å². The quantitative estimate of drug-likeness (QED) is 0.807. The number of carbonyl (C=O) groups is 1. The second-order valence-electron chi connectivity index (χ2n) is 7.96. The topological polar surface area (TPSA) is 36.0 Å². The van der Waals surface area contributed by atoms with Crippen LogP contribution in [0.4, 0.5) is 0 Å². The molecule has 144 valence electrons. The first kappa shape index (κ1) is 19.3. The molecule has 26 heavy (non-hydrogen) atoms. The van der Waals surface area contributed by atoms with Gasteiger partial charge in [0.1, 0.15) is 6.04 Å². The van der Waals surface area contributed by atoms with Crippen LogP contribution < -0.4 is 0 Å². The lowest BCUT2D eigenvalue weighted by atomic mass is 9.94. The van der Waals surface area contributed by atoms with Gasteiger partial charge in [-0.15, -0.1) is 0 Å². The molecule has 0 spiro atoms. The Morgan fingerprint density at radius 1 is 1.12 bits per heavy atom. The lowest BCUT2D eigenvalue weighted by Gasteiger charge is -2.38. The van der Waals surface area contributed by atoms with Gasteiger partial charge in [-0.2, -0.15) is 0 Å². The number of amides is 1. The number of hydrogen-bond acceptors (Lipinski definition) is 4. The van der Waals surface area contributed by atoms with Crippen molar-refractivity contribution in [2.24, 2.45) is 5.92 Å². The Morgan fingerprint density at radius 2 is 1.73 bits per heavy atom. The first-order valence-electron chi connectivity index (χ1n) is 9.86. The number of piperidine rings is 1. The molecule has 0 saturated carbocycles. The summed E-state index contributed by atoms with van der Waals surface area (Å²) in [6.45, 7) is 8.81. The molecule has 1 aromatic carbocycles. The second kappa shape index (κ2) is 8.98. The third-order valence-corrected chi connectivity index (χ3v) is 5.69. The highest BCUT2D eigenvalue weighted by atomic mass is 16.5. The van der Waals surface area contributed by atoms with Crippen molar-refractivity contribution in [1.29, 1.82) is 0 Å². The number of likely N-dealkylation sites (N-methyl/N-ethyl adjacent to an activating group) is 1. The molecule has 0 aliphatic carbocycles. The van der Waals surface area contributed by atoms with Gasteiger partial charge in [0.05, 0.1) is 13.2 Å². The van der Waals surface area contributed by atoms with Crippen molar-refractivity contribution >= 4 is 5.91 Å². The number of rotatable bonds is 5. The number of aryl methyl sites for hydroxylation is 1. The van der Waals surface area contributed by atoms with Crippen LogP contribution >= 0.6 is 0 Å². The molecule has 2 aliphatic rings. The zero-order chi connectivity index (χ0) is 18.5. The van der Waals surface area contributed by atoms with Gasteiger partial charge in [0.25, 0.3) is 0 Å². The summed E-state index contributed by atoms with van der Waals surface area (Å²) in [5.41, 5.74) is 2.31. The van der Waals surface area contributed by atoms with E-state index in [1.54, 1.807) is 0 Å². The van der Waals surface area contributed by atoms with Gasteiger partial charge in [0.2, 0.25) is 5.91 Å². The maximum atomic E-state index is 13.2. The highest BCUT2D eigenvalue weighted by Gasteiger charge is 2.31. The van der Waals surface area contributed by atoms with Gasteiger partial charge in [0.15, 0.2) is 0 Å². The summed E-state index contributed by atoms with van der Waals surface area (Å²) in [7, 11) is 3.99. The Balaban J connectivity index is 1.56. The average molecular weight is 360 g/mol. The van der Waals surface area contributed by atoms with Crippen LogP contribution in [0.15, 0.2) is 24.3 Å². The molecule has 0 aromatic heterocycles. The molecule has 1 atom stereocenters. The van der Waals surface area contributed by atoms with Crippen LogP contribution in [0.3, 0.4) is 0 Å². The average Bonchev–Trinajstić information content (AvgIpc) is 2.64. The maximum absolute atomic E-state index is 13.2. The summed E-state index contributed by atoms with van der Waals surface area (Å²) in [6, 6.07) is 8.17. The van der Waals surface area contributed by atoms with E-state index in [9.17, 15) is 4.79 Å². The molecule has 3 rings (SSSR count). The molecule has 0 unspecified atom stereocenters. The van der Waals surface area contributed by atoms with E-state index in [1.807, 2.05) is 19.0 Å². The normalized spacial score (nSPS) is 21.2. The molecule has 0 bridgehead atoms. The van der Waals surface area contributed by atoms with Gasteiger partial charge >= 0.3 is 0 Å². The van der Waals surface area contributed by atoms with Gasteiger partial charge < -0.3 is 9.64 Å². The Kier molecular flexibility index (Phi) is 6.68. The van der Waals surface area contributed by atoms with Crippen molar-refractivity contribution in [2.75, 3.05) is 60.0 Å². The number of benzene rings is 1. The molecule has 5 heteroatoms. The fraction of sp³-hybridized carbons (Fsp3) is 0.667. The van der Waals surface area contributed by atoms with Crippen molar-refractivity contribution in [3.05, 3.63) is 35.4 Å². The highest BCUT2D eigenvalue weighted by Crippen LogP contribution is 2.25. The first-order chi connectivity index (χ1) is 12.5. The summed E-state index contributed by atoms with van der Waals surface area (Å²) >= 11 is 0. The van der Waals surface area contributed by atoms with E-state index in [0.717, 1.165) is 64.3 Å². The third-order valence-electron chi connectivity index (χ3n) is 5.69. The highest BCUT2D eigenvalue weighted by molar-refractivity contribution is 5.83. The van der Waals surface area contributed by atoms with E-state index in [4.69, 9.17) is 4.74 Å². The second-order valence-corrected chi connectivity index (χ2v) is 7.96. The van der Waals surface area contributed by atoms with Crippen molar-refractivity contribution in [3.63, 3.8) is 0 Å². The first-order valence-corrected chi connectivity index (χ1v) is 9.86. The summed E-state index contributed by atoms with van der Waals surface area (Å²) in [4.78, 5) is 19.8. The largest absolute Gasteiger partial charge is 0.379 e. The molecule has 2 heterocycles. The fourth-order valence-electron chi connectivity index (χ4n) is 4.07. The molecule has 2 saturated heterocycles. The monoisotopic (exact) mass is 359 g/mol. The molecule has 5 nitrogen and oxygen atoms in total. The fourth-order valence-corrected chi connectivity index (χ4v) is 4.07. The third kappa shape index (κ3) is 4.84. The SMILES string of the molecule is Cc1ccc([C@@H](C(=O)N2CCC(CN3CCOCC3)CC2)N(C)C)cc1. The number of ether oxygens (including phenoxy) is 1. The van der Waals surface area contributed by atoms with Gasteiger partial charge in [-0.05, 0) is 45.3 Å². The molecule has 1 amide bonds. The van der Waals surface area contributed by atoms with E-state index in [-0.39, 0.29) is 11.9 Å². The van der Waals surface area contributed by atoms with Crippen molar-refractivity contribution in [3.8, 4) is 0 Å². The lowest BCUT2D eigenvalue weighted by Crippen LogP contribution is -2.47. The van der Waals surface area contributed by atoms with Gasteiger partial charge in [0, 0.05) is 32.7 Å². The van der Waals surface area contributed by atoms with Gasteiger partial charge in [-0.25, -0.2) is 0 Å². The summed E-state index contributed by atoms with van der Waals surface area (Å²) in [6.07, 6.45) is 2.22. The smallest absolute Gasteiger partial charge is 0.244 e. The van der Waals surface area contributed by atoms with Crippen LogP contribution in [0.25, 0.3) is 0 Å². The lowest BCUT2D eigenvalue weighted by molar-refractivity contribution is -0.137. The van der Waals surface area contributed by atoms with E-state index in [0.29, 0.717) is 5.92 Å². The predicted molar refractivity (Wildman–Crippen MR) is 104 cm³/mol. The van der Waals surface area contributed by atoms with Crippen LogP contribution in [0.2, 0.25) is 0 Å². The Morgan fingerprint density at radius 3 is 2.31 bits per heavy atom. The zero-order valence-corrected chi connectivity index (χ0v) is 16.5. The maximum Gasteiger partial charge on any atom is 0.244 e. The van der Waals surface area contributed by atoms with E-state index >= 15 is 0 Å². The summed E-state index contributed by atoms with van der Waals surface area (Å²) < 4.78 is 5.44. The van der Waals surface area contributed by atoms with Crippen molar-refractivity contribution < 1.29 is 9.53 Å². The van der Waals surface area contributed by atoms with Gasteiger partial charge in [-0.3, -0.25) is 14.6 Å². The minimum absolute atomic E-state index is 0.189. The number of hydrogen-bond donors (Lipinski definition) is 0. The molecular formula is C21H33N3O2. The van der Waals surface area contributed by atoms with Crippen LogP contribution in [0.5, 0.6) is 0 Å². The number of morpholine rings is 1. The molecule has 0 N–H and O–H groups in total. The molecular weight excluding hydrogens is 326 g/mol. The summed E-state index contributed by atoms with van der Waals surface area (Å²) in [5, 5.41) is 0. The summed E-state index contributed by atoms with van der Waals surface area (Å²) in [5.74, 6) is 0.943. The number of likely N-dealkylation sites (tertiary alicyclic amines) is 1. The van der Waals surface area contributed by atoms with Crippen LogP contribution in [-0.2, 0) is 9.53 Å². The molecule has 2 aliphatic heterocycles. The van der Waals surface area contributed by atoms with E-state index in [2.05, 4.69) is 41.0 Å². The number of nitrogens with zero attached hydrogens (tertiary/aromatic N) is 3. The zero-order valence-electron chi connectivity index (χ0n) is 16.5. The molecule has 0 radical (unpaired) electrons. The number of carbonyl (C=O) groups excluding carboxylic acids is 1. The minimum Gasteiger partial charge on any atom is -0.379 e. The molecule has 1 aromatic rings. The van der Waals surface area contributed by atoms with Crippen molar-refractivity contribution in [2.45, 2.75) is 25.8 Å². The standard InChI is InChI=1S/C21H33N3O2/c1-17-4-6-19(7-5-17)20(22(2)3)21(25)24-10-8-18(9-11-24)16-23-12-14-26-15-13-23/h4-7,18,20H,8-16H2,1-3H3/t20-/m0/s1. The van der Waals surface area contributed by atoms with Crippen LogP contribution in [0, 0.1) is 12.8 Å². The Bertz CT molecular complexity index is 573. The van der Waals surface area contributed by atoms with Crippen LogP contribution in [-0.4, -0.2) is 80.6 Å². The van der Waals surface area contributed by atoms with Crippen molar-refractivity contribution in [1.82, 2.24) is 14.7 Å². The molecule has 2 fully saturated rings.